The van der Waals surface area contributed by atoms with E-state index >= 15 is 0 Å². The average Bonchev–Trinajstić information content (AvgIpc) is 3.64. The van der Waals surface area contributed by atoms with Crippen LogP contribution >= 0.6 is 0 Å². The molecule has 0 aliphatic heterocycles. The highest BCUT2D eigenvalue weighted by Crippen LogP contribution is 2.40. The fourth-order valence-electron chi connectivity index (χ4n) is 8.00. The van der Waals surface area contributed by atoms with Crippen LogP contribution in [0, 0.1) is 0 Å². The van der Waals surface area contributed by atoms with Gasteiger partial charge in [0.25, 0.3) is 0 Å². The smallest absolute Gasteiger partial charge is 0.137 e. The van der Waals surface area contributed by atoms with Crippen molar-refractivity contribution in [1.29, 1.82) is 0 Å². The van der Waals surface area contributed by atoms with Gasteiger partial charge >= 0.3 is 0 Å². The maximum Gasteiger partial charge on any atom is 0.137 e. The van der Waals surface area contributed by atoms with Gasteiger partial charge in [-0.2, -0.15) is 0 Å². The van der Waals surface area contributed by atoms with Gasteiger partial charge in [-0.3, -0.25) is 4.40 Å². The van der Waals surface area contributed by atoms with Crippen molar-refractivity contribution >= 4 is 60.0 Å². The minimum atomic E-state index is 0.882. The number of hydrogen-bond acceptors (Lipinski definition) is 3. The van der Waals surface area contributed by atoms with Crippen LogP contribution < -0.4 is 0 Å². The summed E-state index contributed by atoms with van der Waals surface area (Å²) >= 11 is 0. The number of hydrogen-bond donors (Lipinski definition) is 0. The molecule has 4 heteroatoms. The van der Waals surface area contributed by atoms with Crippen LogP contribution in [0.5, 0.6) is 0 Å². The molecule has 3 aromatic heterocycles. The highest BCUT2D eigenvalue weighted by atomic mass is 15.0. The van der Waals surface area contributed by atoms with Crippen LogP contribution in [-0.4, -0.2) is 19.4 Å². The molecule has 3 heterocycles. The SMILES string of the molecule is c1ccc(-c2ccc3c(c2)c2cc(-c4ccc5c(ccc6nc(-c7ccccc7)c(-c7ccccc7)nc65)c4)ccc2c2c3nc3ccccn32)cc1. The molecule has 0 atom stereocenters. The van der Waals surface area contributed by atoms with Crippen molar-refractivity contribution < 1.29 is 0 Å². The van der Waals surface area contributed by atoms with Gasteiger partial charge in [0, 0.05) is 33.5 Å². The van der Waals surface area contributed by atoms with E-state index in [9.17, 15) is 0 Å². The fraction of sp³-hybridized carbons (Fsp3) is 0. The monoisotopic (exact) mass is 674 g/mol. The maximum absolute atomic E-state index is 5.34. The molecular formula is C49H30N4. The van der Waals surface area contributed by atoms with E-state index in [4.69, 9.17) is 15.0 Å². The third-order valence-electron chi connectivity index (χ3n) is 10.6. The Morgan fingerprint density at radius 3 is 1.62 bits per heavy atom. The standard InChI is InChI=1S/C49H30N4/c1-4-12-31(13-5-1)35-20-24-39-41(29-35)42-30-36(21-25-40(42)49-48(39)51-44-18-10-11-27-53(44)49)34-19-23-38-37(28-34)22-26-43-47(38)52-46(33-16-8-3-9-17-33)45(50-43)32-14-6-2-7-15-32/h1-30H. The zero-order valence-electron chi connectivity index (χ0n) is 28.6. The lowest BCUT2D eigenvalue weighted by Gasteiger charge is -2.13. The third-order valence-corrected chi connectivity index (χ3v) is 10.6. The Morgan fingerprint density at radius 2 is 0.906 bits per heavy atom. The van der Waals surface area contributed by atoms with Gasteiger partial charge in [0.05, 0.1) is 33.5 Å². The zero-order chi connectivity index (χ0) is 34.9. The van der Waals surface area contributed by atoms with E-state index in [0.717, 1.165) is 77.5 Å². The minimum Gasteiger partial charge on any atom is -0.299 e. The summed E-state index contributed by atoms with van der Waals surface area (Å²) in [6.07, 6.45) is 2.12. The van der Waals surface area contributed by atoms with Crippen LogP contribution in [-0.2, 0) is 0 Å². The molecule has 0 fully saturated rings. The first-order valence-corrected chi connectivity index (χ1v) is 17.9. The first-order valence-electron chi connectivity index (χ1n) is 17.9. The molecule has 0 aliphatic rings. The predicted molar refractivity (Wildman–Crippen MR) is 220 cm³/mol. The molecule has 0 saturated carbocycles. The summed E-state index contributed by atoms with van der Waals surface area (Å²) < 4.78 is 2.22. The van der Waals surface area contributed by atoms with Crippen LogP contribution in [0.15, 0.2) is 182 Å². The van der Waals surface area contributed by atoms with Gasteiger partial charge in [-0.05, 0) is 74.8 Å². The van der Waals surface area contributed by atoms with Gasteiger partial charge in [0.2, 0.25) is 0 Å². The van der Waals surface area contributed by atoms with E-state index in [1.807, 2.05) is 12.1 Å². The molecule has 0 unspecified atom stereocenters. The largest absolute Gasteiger partial charge is 0.299 e. The number of rotatable bonds is 4. The van der Waals surface area contributed by atoms with Gasteiger partial charge in [-0.25, -0.2) is 15.0 Å². The molecule has 8 aromatic carbocycles. The summed E-state index contributed by atoms with van der Waals surface area (Å²) in [5, 5.41) is 6.96. The molecule has 11 aromatic rings. The summed E-state index contributed by atoms with van der Waals surface area (Å²) in [7, 11) is 0. The van der Waals surface area contributed by atoms with E-state index in [1.54, 1.807) is 0 Å². The maximum atomic E-state index is 5.34. The molecule has 53 heavy (non-hydrogen) atoms. The number of aromatic nitrogens is 4. The van der Waals surface area contributed by atoms with Crippen molar-refractivity contribution in [3.05, 3.63) is 182 Å². The topological polar surface area (TPSA) is 43.1 Å². The molecule has 0 aliphatic carbocycles. The lowest BCUT2D eigenvalue weighted by molar-refractivity contribution is 1.23. The molecule has 0 spiro atoms. The molecule has 246 valence electrons. The van der Waals surface area contributed by atoms with Gasteiger partial charge in [-0.1, -0.05) is 140 Å². The van der Waals surface area contributed by atoms with Gasteiger partial charge in [0.15, 0.2) is 0 Å². The molecular weight excluding hydrogens is 645 g/mol. The van der Waals surface area contributed by atoms with Crippen molar-refractivity contribution in [3.8, 4) is 44.8 Å². The fourth-order valence-corrected chi connectivity index (χ4v) is 8.00. The van der Waals surface area contributed by atoms with Gasteiger partial charge in [-0.15, -0.1) is 0 Å². The first kappa shape index (κ1) is 29.5. The number of imidazole rings is 1. The highest BCUT2D eigenvalue weighted by Gasteiger charge is 2.18. The summed E-state index contributed by atoms with van der Waals surface area (Å²) in [6, 6.07) is 62.2. The summed E-state index contributed by atoms with van der Waals surface area (Å²) in [4.78, 5) is 15.7. The second-order valence-electron chi connectivity index (χ2n) is 13.6. The molecule has 11 rings (SSSR count). The van der Waals surface area contributed by atoms with Crippen LogP contribution in [0.4, 0.5) is 0 Å². The molecule has 0 amide bonds. The van der Waals surface area contributed by atoms with Crippen molar-refractivity contribution in [1.82, 2.24) is 19.4 Å². The number of pyridine rings is 1. The second kappa shape index (κ2) is 11.7. The quantitative estimate of drug-likeness (QED) is 0.175. The predicted octanol–water partition coefficient (Wildman–Crippen LogP) is 12.6. The van der Waals surface area contributed by atoms with Crippen molar-refractivity contribution in [3.63, 3.8) is 0 Å². The number of fused-ring (bicyclic) bond motifs is 11. The third kappa shape index (κ3) is 4.73. The van der Waals surface area contributed by atoms with Crippen LogP contribution in [0.1, 0.15) is 0 Å². The Kier molecular flexibility index (Phi) is 6.52. The minimum absolute atomic E-state index is 0.882. The number of nitrogens with zero attached hydrogens (tertiary/aromatic N) is 4. The summed E-state index contributed by atoms with van der Waals surface area (Å²) in [6.45, 7) is 0. The number of benzene rings is 8. The zero-order valence-corrected chi connectivity index (χ0v) is 28.6. The Hall–Kier alpha value is -7.17. The van der Waals surface area contributed by atoms with Crippen LogP contribution in [0.3, 0.4) is 0 Å². The van der Waals surface area contributed by atoms with Gasteiger partial charge in [0.1, 0.15) is 5.65 Å². The first-order chi connectivity index (χ1) is 26.3. The molecule has 0 N–H and O–H groups in total. The lowest BCUT2D eigenvalue weighted by Crippen LogP contribution is -1.96. The summed E-state index contributed by atoms with van der Waals surface area (Å²) in [5.74, 6) is 0. The van der Waals surface area contributed by atoms with E-state index < -0.39 is 0 Å². The Labute approximate surface area is 305 Å². The van der Waals surface area contributed by atoms with E-state index in [-0.39, 0.29) is 0 Å². The highest BCUT2D eigenvalue weighted by molar-refractivity contribution is 6.25. The molecule has 0 bridgehead atoms. The second-order valence-corrected chi connectivity index (χ2v) is 13.6. The van der Waals surface area contributed by atoms with E-state index in [1.165, 1.54) is 27.3 Å². The van der Waals surface area contributed by atoms with Crippen LogP contribution in [0.25, 0.3) is 105 Å². The van der Waals surface area contributed by atoms with Crippen molar-refractivity contribution in [2.75, 3.05) is 0 Å². The molecule has 0 saturated heterocycles. The average molecular weight is 675 g/mol. The van der Waals surface area contributed by atoms with Crippen LogP contribution in [0.2, 0.25) is 0 Å². The summed E-state index contributed by atoms with van der Waals surface area (Å²) in [5.41, 5.74) is 13.5. The molecule has 0 radical (unpaired) electrons. The molecule has 4 nitrogen and oxygen atoms in total. The lowest BCUT2D eigenvalue weighted by atomic mass is 9.93. The van der Waals surface area contributed by atoms with E-state index in [0.29, 0.717) is 0 Å². The Morgan fingerprint density at radius 1 is 0.340 bits per heavy atom. The Balaban J connectivity index is 1.12. The van der Waals surface area contributed by atoms with E-state index in [2.05, 4.69) is 174 Å². The normalized spacial score (nSPS) is 11.8. The van der Waals surface area contributed by atoms with Crippen molar-refractivity contribution in [2.24, 2.45) is 0 Å². The van der Waals surface area contributed by atoms with Crippen molar-refractivity contribution in [2.45, 2.75) is 0 Å². The Bertz CT molecular complexity index is 3200. The van der Waals surface area contributed by atoms with Gasteiger partial charge < -0.3 is 0 Å².